The number of carbonyl (C=O) groups is 1. The lowest BCUT2D eigenvalue weighted by Gasteiger charge is -2.12. The highest BCUT2D eigenvalue weighted by molar-refractivity contribution is 8.26. The number of carbonyl (C=O) groups excluding carboxylic acids is 1. The Hall–Kier alpha value is -2.77. The number of hydrogen-bond donors (Lipinski definition) is 0. The topological polar surface area (TPSA) is 48.0 Å². The van der Waals surface area contributed by atoms with Crippen molar-refractivity contribution < 1.29 is 19.0 Å². The fourth-order valence-corrected chi connectivity index (χ4v) is 3.93. The molecule has 3 rings (SSSR count). The minimum absolute atomic E-state index is 0.114. The molecule has 0 atom stereocenters. The number of nitrogens with zero attached hydrogens (tertiary/aromatic N) is 1. The van der Waals surface area contributed by atoms with Crippen LogP contribution in [0.2, 0.25) is 0 Å². The molecule has 1 saturated heterocycles. The summed E-state index contributed by atoms with van der Waals surface area (Å²) in [4.78, 5) is 14.6. The normalized spacial score (nSPS) is 14.9. The molecule has 0 bridgehead atoms. The van der Waals surface area contributed by atoms with Gasteiger partial charge in [0.05, 0.1) is 12.0 Å². The van der Waals surface area contributed by atoms with E-state index in [4.69, 9.17) is 26.4 Å². The van der Waals surface area contributed by atoms with Gasteiger partial charge in [0.2, 0.25) is 0 Å². The van der Waals surface area contributed by atoms with Crippen LogP contribution in [-0.4, -0.2) is 42.0 Å². The molecule has 1 fully saturated rings. The summed E-state index contributed by atoms with van der Waals surface area (Å²) in [5.74, 6) is 1.88. The van der Waals surface area contributed by atoms with Crippen molar-refractivity contribution in [3.05, 3.63) is 71.7 Å². The van der Waals surface area contributed by atoms with Crippen molar-refractivity contribution in [3.8, 4) is 17.2 Å². The minimum atomic E-state index is -0.114. The lowest BCUT2D eigenvalue weighted by atomic mass is 10.2. The molecule has 1 amide bonds. The summed E-state index contributed by atoms with van der Waals surface area (Å²) in [6.45, 7) is 4.86. The van der Waals surface area contributed by atoms with Crippen LogP contribution in [0.5, 0.6) is 17.2 Å². The third-order valence-corrected chi connectivity index (χ3v) is 5.40. The summed E-state index contributed by atoms with van der Waals surface area (Å²) in [5.41, 5.74) is 0.828. The fraction of sp³-hybridized carbons (Fsp3) is 0.182. The van der Waals surface area contributed by atoms with E-state index in [1.165, 1.54) is 16.7 Å². The zero-order chi connectivity index (χ0) is 20.6. The van der Waals surface area contributed by atoms with Crippen LogP contribution in [0.15, 0.2) is 66.1 Å². The molecule has 0 radical (unpaired) electrons. The van der Waals surface area contributed by atoms with Crippen LogP contribution in [0.3, 0.4) is 0 Å². The monoisotopic (exact) mass is 427 g/mol. The number of benzene rings is 2. The van der Waals surface area contributed by atoms with Crippen molar-refractivity contribution in [2.45, 2.75) is 0 Å². The van der Waals surface area contributed by atoms with Crippen LogP contribution in [0.4, 0.5) is 0 Å². The standard InChI is InChI=1S/C22H21NO4S2/c1-3-11-23-21(24)20(29-22(23)28)15-16-9-10-18(19(14-16)25-2)27-13-12-26-17-7-5-4-6-8-17/h3-10,14-15H,1,11-13H2,2H3/b20-15+. The predicted molar refractivity (Wildman–Crippen MR) is 121 cm³/mol. The van der Waals surface area contributed by atoms with E-state index in [0.717, 1.165) is 11.3 Å². The number of methoxy groups -OCH3 is 1. The van der Waals surface area contributed by atoms with Crippen molar-refractivity contribution in [1.82, 2.24) is 4.90 Å². The van der Waals surface area contributed by atoms with Gasteiger partial charge >= 0.3 is 0 Å². The van der Waals surface area contributed by atoms with Crippen molar-refractivity contribution in [1.29, 1.82) is 0 Å². The number of para-hydroxylation sites is 1. The van der Waals surface area contributed by atoms with Gasteiger partial charge in [0.15, 0.2) is 11.5 Å². The lowest BCUT2D eigenvalue weighted by Crippen LogP contribution is -2.27. The smallest absolute Gasteiger partial charge is 0.266 e. The van der Waals surface area contributed by atoms with Gasteiger partial charge in [-0.25, -0.2) is 0 Å². The minimum Gasteiger partial charge on any atom is -0.493 e. The Morgan fingerprint density at radius 3 is 2.59 bits per heavy atom. The SMILES string of the molecule is C=CCN1C(=O)/C(=C\c2ccc(OCCOc3ccccc3)c(OC)c2)SC1=S. The average Bonchev–Trinajstić information content (AvgIpc) is 3.00. The van der Waals surface area contributed by atoms with E-state index in [2.05, 4.69) is 6.58 Å². The Morgan fingerprint density at radius 2 is 1.86 bits per heavy atom. The fourth-order valence-electron chi connectivity index (χ4n) is 2.66. The second-order valence-electron chi connectivity index (χ2n) is 6.00. The van der Waals surface area contributed by atoms with Crippen molar-refractivity contribution in [2.75, 3.05) is 26.9 Å². The molecule has 1 aliphatic heterocycles. The van der Waals surface area contributed by atoms with Gasteiger partial charge in [-0.05, 0) is 35.9 Å². The average molecular weight is 428 g/mol. The highest BCUT2D eigenvalue weighted by Crippen LogP contribution is 2.34. The van der Waals surface area contributed by atoms with Crippen LogP contribution in [0, 0.1) is 0 Å². The van der Waals surface area contributed by atoms with Crippen LogP contribution in [-0.2, 0) is 4.79 Å². The maximum absolute atomic E-state index is 12.5. The second-order valence-corrected chi connectivity index (χ2v) is 7.68. The molecule has 0 saturated carbocycles. The molecule has 7 heteroatoms. The molecule has 5 nitrogen and oxygen atoms in total. The molecule has 0 aliphatic carbocycles. The van der Waals surface area contributed by atoms with Crippen LogP contribution in [0.25, 0.3) is 6.08 Å². The summed E-state index contributed by atoms with van der Waals surface area (Å²) >= 11 is 6.54. The van der Waals surface area contributed by atoms with Crippen molar-refractivity contribution in [2.24, 2.45) is 0 Å². The molecule has 1 heterocycles. The van der Waals surface area contributed by atoms with E-state index in [-0.39, 0.29) is 5.91 Å². The molecule has 0 unspecified atom stereocenters. The first-order valence-corrected chi connectivity index (χ1v) is 10.2. The number of ether oxygens (including phenoxy) is 3. The second kappa shape index (κ2) is 10.1. The maximum atomic E-state index is 12.5. The van der Waals surface area contributed by atoms with Gasteiger partial charge in [-0.1, -0.05) is 54.3 Å². The highest BCUT2D eigenvalue weighted by Gasteiger charge is 2.30. The Kier molecular flexibility index (Phi) is 7.32. The third kappa shape index (κ3) is 5.40. The van der Waals surface area contributed by atoms with Gasteiger partial charge < -0.3 is 14.2 Å². The number of hydrogen-bond acceptors (Lipinski definition) is 6. The molecule has 2 aromatic carbocycles. The molecule has 1 aliphatic rings. The first kappa shape index (κ1) is 21.0. The maximum Gasteiger partial charge on any atom is 0.266 e. The zero-order valence-electron chi connectivity index (χ0n) is 16.0. The first-order valence-electron chi connectivity index (χ1n) is 8.97. The number of thioether (sulfide) groups is 1. The Morgan fingerprint density at radius 1 is 1.10 bits per heavy atom. The van der Waals surface area contributed by atoms with Gasteiger partial charge in [-0.15, -0.1) is 6.58 Å². The van der Waals surface area contributed by atoms with E-state index in [1.54, 1.807) is 19.3 Å². The van der Waals surface area contributed by atoms with Crippen LogP contribution in [0.1, 0.15) is 5.56 Å². The quantitative estimate of drug-likeness (QED) is 0.253. The summed E-state index contributed by atoms with van der Waals surface area (Å²) in [7, 11) is 1.58. The van der Waals surface area contributed by atoms with Crippen molar-refractivity contribution in [3.63, 3.8) is 0 Å². The molecular formula is C22H21NO4S2. The molecule has 0 N–H and O–H groups in total. The zero-order valence-corrected chi connectivity index (χ0v) is 17.6. The van der Waals surface area contributed by atoms with Gasteiger partial charge in [0.25, 0.3) is 5.91 Å². The Bertz CT molecular complexity index is 928. The van der Waals surface area contributed by atoms with Gasteiger partial charge in [0, 0.05) is 6.54 Å². The third-order valence-electron chi connectivity index (χ3n) is 4.02. The van der Waals surface area contributed by atoms with Gasteiger partial charge in [-0.2, -0.15) is 0 Å². The van der Waals surface area contributed by atoms with Gasteiger partial charge in [0.1, 0.15) is 23.3 Å². The van der Waals surface area contributed by atoms with Crippen molar-refractivity contribution >= 4 is 40.3 Å². The Balaban J connectivity index is 1.63. The van der Waals surface area contributed by atoms with E-state index >= 15 is 0 Å². The highest BCUT2D eigenvalue weighted by atomic mass is 32.2. The molecule has 29 heavy (non-hydrogen) atoms. The molecule has 0 spiro atoms. The summed E-state index contributed by atoms with van der Waals surface area (Å²) in [6.07, 6.45) is 3.46. The number of amides is 1. The van der Waals surface area contributed by atoms with Gasteiger partial charge in [-0.3, -0.25) is 9.69 Å². The van der Waals surface area contributed by atoms with E-state index in [9.17, 15) is 4.79 Å². The van der Waals surface area contributed by atoms with E-state index < -0.39 is 0 Å². The van der Waals surface area contributed by atoms with Crippen LogP contribution >= 0.6 is 24.0 Å². The summed E-state index contributed by atoms with van der Waals surface area (Å²) in [6, 6.07) is 15.1. The summed E-state index contributed by atoms with van der Waals surface area (Å²) < 4.78 is 17.4. The Labute approximate surface area is 179 Å². The molecule has 2 aromatic rings. The number of thiocarbonyl (C=S) groups is 1. The van der Waals surface area contributed by atoms with E-state index in [1.807, 2.05) is 48.5 Å². The largest absolute Gasteiger partial charge is 0.493 e. The first-order chi connectivity index (χ1) is 14.1. The van der Waals surface area contributed by atoms with Crippen LogP contribution < -0.4 is 14.2 Å². The molecular weight excluding hydrogens is 406 g/mol. The molecule has 0 aromatic heterocycles. The summed E-state index contributed by atoms with van der Waals surface area (Å²) in [5, 5.41) is 0. The van der Waals surface area contributed by atoms with E-state index in [0.29, 0.717) is 40.5 Å². The number of rotatable bonds is 9. The lowest BCUT2D eigenvalue weighted by molar-refractivity contribution is -0.121. The predicted octanol–water partition coefficient (Wildman–Crippen LogP) is 4.54. The molecule has 150 valence electrons.